The monoisotopic (exact) mass is 945 g/mol. The Hall–Kier alpha value is -9.84. The van der Waals surface area contributed by atoms with Crippen molar-refractivity contribution in [1.29, 1.82) is 0 Å². The molecule has 1 aliphatic heterocycles. The summed E-state index contributed by atoms with van der Waals surface area (Å²) in [6.07, 6.45) is -0.451. The molecule has 5 nitrogen and oxygen atoms in total. The van der Waals surface area contributed by atoms with Crippen molar-refractivity contribution in [1.82, 2.24) is 14.5 Å². The van der Waals surface area contributed by atoms with Crippen molar-refractivity contribution >= 4 is 55.4 Å². The van der Waals surface area contributed by atoms with Gasteiger partial charge in [-0.25, -0.2) is 4.99 Å². The Morgan fingerprint density at radius 3 is 1.42 bits per heavy atom. The van der Waals surface area contributed by atoms with Crippen LogP contribution in [0.1, 0.15) is 17.3 Å². The van der Waals surface area contributed by atoms with Gasteiger partial charge in [0.1, 0.15) is 6.17 Å². The van der Waals surface area contributed by atoms with Gasteiger partial charge in [0.25, 0.3) is 0 Å². The molecule has 5 heteroatoms. The van der Waals surface area contributed by atoms with E-state index in [1.165, 1.54) is 10.9 Å². The van der Waals surface area contributed by atoms with Gasteiger partial charge in [-0.05, 0) is 92.0 Å². The van der Waals surface area contributed by atoms with Crippen LogP contribution in [0.4, 0.5) is 0 Å². The molecular weight excluding hydrogens is 899 g/mol. The lowest BCUT2D eigenvalue weighted by atomic mass is 9.91. The second-order valence-corrected chi connectivity index (χ2v) is 18.9. The maximum Gasteiger partial charge on any atom is 0.212 e. The highest BCUT2D eigenvalue weighted by atomic mass is 15.3. The Bertz CT molecular complexity index is 4310. The van der Waals surface area contributed by atoms with Crippen molar-refractivity contribution in [2.45, 2.75) is 6.17 Å². The second kappa shape index (κ2) is 18.1. The summed E-state index contributed by atoms with van der Waals surface area (Å²) in [4.78, 5) is 11.3. The van der Waals surface area contributed by atoms with E-state index in [9.17, 15) is 0 Å². The minimum Gasteiger partial charge on any atom is -0.330 e. The van der Waals surface area contributed by atoms with Gasteiger partial charge in [0.05, 0.1) is 27.8 Å². The number of benzene rings is 11. The normalized spacial score (nSPS) is 13.5. The summed E-state index contributed by atoms with van der Waals surface area (Å²) in [5, 5.41) is 8.52. The van der Waals surface area contributed by atoms with Crippen LogP contribution in [0.2, 0.25) is 0 Å². The molecule has 0 saturated heterocycles. The summed E-state index contributed by atoms with van der Waals surface area (Å²) >= 11 is 0. The molecule has 0 aliphatic carbocycles. The number of fused-ring (bicyclic) bond motifs is 7. The van der Waals surface area contributed by atoms with Crippen LogP contribution in [0, 0.1) is 0 Å². The Morgan fingerprint density at radius 1 is 0.324 bits per heavy atom. The van der Waals surface area contributed by atoms with E-state index in [1.54, 1.807) is 0 Å². The van der Waals surface area contributed by atoms with E-state index in [4.69, 9.17) is 9.98 Å². The summed E-state index contributed by atoms with van der Waals surface area (Å²) in [6, 6.07) is 97.9. The number of hydrogen-bond acceptors (Lipinski definition) is 3. The zero-order valence-corrected chi connectivity index (χ0v) is 40.3. The molecule has 1 aliphatic rings. The summed E-state index contributed by atoms with van der Waals surface area (Å²) in [5.41, 5.74) is 18.8. The maximum absolute atomic E-state index is 5.71. The topological polar surface area (TPSA) is 46.6 Å². The third-order valence-electron chi connectivity index (χ3n) is 14.6. The third kappa shape index (κ3) is 7.33. The first kappa shape index (κ1) is 43.0. The Morgan fingerprint density at radius 2 is 0.784 bits per heavy atom. The van der Waals surface area contributed by atoms with Gasteiger partial charge in [-0.2, -0.15) is 4.99 Å². The van der Waals surface area contributed by atoms with Crippen LogP contribution in [-0.2, 0) is 0 Å². The Labute approximate surface area is 429 Å². The van der Waals surface area contributed by atoms with Crippen LogP contribution in [-0.4, -0.2) is 20.9 Å². The van der Waals surface area contributed by atoms with E-state index in [2.05, 4.69) is 287 Å². The molecule has 1 atom stereocenters. The van der Waals surface area contributed by atoms with Crippen LogP contribution in [0.25, 0.3) is 105 Å². The second-order valence-electron chi connectivity index (χ2n) is 18.9. The lowest BCUT2D eigenvalue weighted by Gasteiger charge is -2.25. The molecule has 14 rings (SSSR count). The lowest BCUT2D eigenvalue weighted by Crippen LogP contribution is -2.37. The number of aromatic nitrogens is 2. The van der Waals surface area contributed by atoms with E-state index in [0.29, 0.717) is 11.8 Å². The molecule has 1 N–H and O–H groups in total. The molecular formula is C69H47N5. The quantitative estimate of drug-likeness (QED) is 0.162. The van der Waals surface area contributed by atoms with Crippen molar-refractivity contribution in [3.05, 3.63) is 284 Å². The zero-order chi connectivity index (χ0) is 49.0. The van der Waals surface area contributed by atoms with E-state index >= 15 is 0 Å². The van der Waals surface area contributed by atoms with Crippen molar-refractivity contribution < 1.29 is 0 Å². The average molecular weight is 946 g/mol. The van der Waals surface area contributed by atoms with Crippen molar-refractivity contribution in [2.75, 3.05) is 0 Å². The van der Waals surface area contributed by atoms with Gasteiger partial charge >= 0.3 is 0 Å². The fourth-order valence-corrected chi connectivity index (χ4v) is 11.3. The highest BCUT2D eigenvalue weighted by molar-refractivity contribution is 6.27. The Balaban J connectivity index is 1.06. The fourth-order valence-electron chi connectivity index (χ4n) is 11.3. The van der Waals surface area contributed by atoms with Crippen LogP contribution in [0.15, 0.2) is 283 Å². The van der Waals surface area contributed by atoms with Crippen molar-refractivity contribution in [2.24, 2.45) is 9.98 Å². The number of nitrogens with one attached hydrogen (secondary N) is 1. The summed E-state index contributed by atoms with van der Waals surface area (Å²) < 4.78 is 4.87. The van der Waals surface area contributed by atoms with Gasteiger partial charge in [0.2, 0.25) is 5.96 Å². The molecule has 3 heterocycles. The largest absolute Gasteiger partial charge is 0.330 e. The fraction of sp³-hybridized carbons (Fsp3) is 0.0145. The van der Waals surface area contributed by atoms with E-state index in [0.717, 1.165) is 105 Å². The molecule has 0 bridgehead atoms. The molecule has 11 aromatic carbocycles. The predicted molar refractivity (Wildman–Crippen MR) is 309 cm³/mol. The first-order chi connectivity index (χ1) is 36.7. The van der Waals surface area contributed by atoms with Crippen LogP contribution in [0.5, 0.6) is 0 Å². The number of nitrogens with zero attached hydrogens (tertiary/aromatic N) is 4. The van der Waals surface area contributed by atoms with E-state index in [-0.39, 0.29) is 0 Å². The molecule has 1 unspecified atom stereocenters. The summed E-state index contributed by atoms with van der Waals surface area (Å²) in [6.45, 7) is 0. The number of amidine groups is 1. The van der Waals surface area contributed by atoms with Gasteiger partial charge in [-0.15, -0.1) is 0 Å². The van der Waals surface area contributed by atoms with Crippen LogP contribution in [0.3, 0.4) is 0 Å². The van der Waals surface area contributed by atoms with Gasteiger partial charge < -0.3 is 9.88 Å². The molecule has 13 aromatic rings. The minimum atomic E-state index is -0.451. The highest BCUT2D eigenvalue weighted by Crippen LogP contribution is 2.45. The SMILES string of the molecule is c1ccc(-c2cc(C3=NC(c4ccccc4)NC(n4c5ccccc5c5ccc6c7ccccc7n(-c7cccc(-c8ccccc8)c7-c7ccccc7)c6c54)=N3)cc(-c3ccccc3-c3ccccc3)c2)cc1. The van der Waals surface area contributed by atoms with Crippen molar-refractivity contribution in [3.63, 3.8) is 0 Å². The number of rotatable bonds is 8. The predicted octanol–water partition coefficient (Wildman–Crippen LogP) is 17.2. The Kier molecular flexibility index (Phi) is 10.5. The molecule has 0 fully saturated rings. The first-order valence-corrected chi connectivity index (χ1v) is 25.3. The molecule has 74 heavy (non-hydrogen) atoms. The molecule has 0 spiro atoms. The van der Waals surface area contributed by atoms with Crippen LogP contribution < -0.4 is 5.32 Å². The molecule has 2 aromatic heterocycles. The van der Waals surface area contributed by atoms with E-state index < -0.39 is 6.17 Å². The molecule has 348 valence electrons. The van der Waals surface area contributed by atoms with Crippen LogP contribution >= 0.6 is 0 Å². The van der Waals surface area contributed by atoms with E-state index in [1.807, 2.05) is 0 Å². The highest BCUT2D eigenvalue weighted by Gasteiger charge is 2.28. The summed E-state index contributed by atoms with van der Waals surface area (Å²) in [7, 11) is 0. The minimum absolute atomic E-state index is 0.451. The average Bonchev–Trinajstić information content (AvgIpc) is 4.04. The lowest BCUT2D eigenvalue weighted by molar-refractivity contribution is 0.661. The first-order valence-electron chi connectivity index (χ1n) is 25.3. The number of aliphatic imine (C=N–C) groups is 2. The van der Waals surface area contributed by atoms with Gasteiger partial charge in [-0.3, -0.25) is 4.57 Å². The zero-order valence-electron chi connectivity index (χ0n) is 40.3. The third-order valence-corrected chi connectivity index (χ3v) is 14.6. The molecule has 0 amide bonds. The van der Waals surface area contributed by atoms with Gasteiger partial charge in [0, 0.05) is 32.7 Å². The van der Waals surface area contributed by atoms with Crippen molar-refractivity contribution in [3.8, 4) is 61.3 Å². The maximum atomic E-state index is 5.71. The molecule has 0 radical (unpaired) electrons. The molecule has 0 saturated carbocycles. The smallest absolute Gasteiger partial charge is 0.212 e. The number of hydrogen-bond donors (Lipinski definition) is 1. The van der Waals surface area contributed by atoms with Gasteiger partial charge in [0.15, 0.2) is 5.84 Å². The standard InChI is InChI=1S/C69H47N5/c1-6-23-46(24-7-1)51-43-52(55-34-17-16-33-54(55)47-25-8-2-9-26-47)45-53(44-51)68-70-67(50-31-14-5-15-32-50)71-69(72-68)74-62-39-21-19-36-58(62)60-42-41-59-57-35-18-20-38-61(57)73(65(59)66(60)74)63-40-22-37-56(48-27-10-3-11-28-48)64(63)49-29-12-4-13-30-49/h1-45,67H,(H,70,71,72). The summed E-state index contributed by atoms with van der Waals surface area (Å²) in [5.74, 6) is 1.33. The number of para-hydroxylation sites is 2. The van der Waals surface area contributed by atoms with Gasteiger partial charge in [-0.1, -0.05) is 237 Å².